The van der Waals surface area contributed by atoms with Crippen LogP contribution in [0.1, 0.15) is 155 Å². The van der Waals surface area contributed by atoms with Gasteiger partial charge >= 0.3 is 19.8 Å². The summed E-state index contributed by atoms with van der Waals surface area (Å²) in [5.41, 5.74) is 0. The number of hydrogen-bond donors (Lipinski definition) is 4. The molecule has 0 heterocycles. The number of aliphatic hydroxyl groups is 1. The summed E-state index contributed by atoms with van der Waals surface area (Å²) in [5.74, 6) is -2.40. The summed E-state index contributed by atoms with van der Waals surface area (Å²) in [6.07, 6.45) is 29.9. The number of carboxylic acids is 1. The van der Waals surface area contributed by atoms with E-state index in [0.717, 1.165) is 57.8 Å². The summed E-state index contributed by atoms with van der Waals surface area (Å²) in [7, 11) is -4.73. The van der Waals surface area contributed by atoms with Crippen molar-refractivity contribution in [3.63, 3.8) is 0 Å². The van der Waals surface area contributed by atoms with Crippen molar-refractivity contribution in [1.82, 2.24) is 5.32 Å². The van der Waals surface area contributed by atoms with Crippen LogP contribution in [0.4, 0.5) is 0 Å². The van der Waals surface area contributed by atoms with Gasteiger partial charge in [-0.3, -0.25) is 18.6 Å². The molecule has 4 N–H and O–H groups in total. The molecule has 280 valence electrons. The van der Waals surface area contributed by atoms with Crippen molar-refractivity contribution < 1.29 is 47.8 Å². The maximum atomic E-state index is 12.1. The number of esters is 1. The lowest BCUT2D eigenvalue weighted by Gasteiger charge is -2.18. The van der Waals surface area contributed by atoms with Crippen LogP contribution in [0.5, 0.6) is 0 Å². The molecule has 0 fully saturated rings. The van der Waals surface area contributed by atoms with E-state index in [-0.39, 0.29) is 12.8 Å². The molecular formula is C36H66NO10P. The van der Waals surface area contributed by atoms with Crippen molar-refractivity contribution >= 4 is 25.7 Å². The highest BCUT2D eigenvalue weighted by Gasteiger charge is 2.28. The van der Waals surface area contributed by atoms with Gasteiger partial charge in [0.1, 0.15) is 12.7 Å². The SMILES string of the molecule is CCCCC/C=C\C/C=C\CCCCCCCCCCCC(=O)OCC(O)COP(=O)(O)OCC(NC(=O)CCCCCCC)C(=O)O. The minimum Gasteiger partial charge on any atom is -0.480 e. The number of ether oxygens (including phenoxy) is 1. The largest absolute Gasteiger partial charge is 0.480 e. The standard InChI is InChI=1S/C36H66NO10P/c1-3-5-7-9-10-11-12-13-14-15-16-17-18-19-20-21-22-24-26-28-35(40)45-29-32(38)30-46-48(43,44)47-31-33(36(41)42)37-34(39)27-25-23-8-6-4-2/h10-11,13-14,32-33,38H,3-9,12,15-31H2,1-2H3,(H,37,39)(H,41,42)(H,43,44)/b11-10-,14-13-. The molecule has 0 aromatic carbocycles. The van der Waals surface area contributed by atoms with E-state index in [0.29, 0.717) is 12.8 Å². The summed E-state index contributed by atoms with van der Waals surface area (Å²) in [5, 5.41) is 21.5. The topological polar surface area (TPSA) is 169 Å². The number of carboxylic acid groups (broad SMARTS) is 1. The van der Waals surface area contributed by atoms with E-state index < -0.39 is 57.6 Å². The van der Waals surface area contributed by atoms with Gasteiger partial charge < -0.3 is 25.2 Å². The summed E-state index contributed by atoms with van der Waals surface area (Å²) in [6.45, 7) is 2.41. The number of hydrogen-bond acceptors (Lipinski definition) is 8. The quantitative estimate of drug-likeness (QED) is 0.0221. The van der Waals surface area contributed by atoms with E-state index in [1.165, 1.54) is 57.8 Å². The van der Waals surface area contributed by atoms with Crippen LogP contribution in [-0.2, 0) is 32.7 Å². The molecule has 0 bridgehead atoms. The molecule has 0 aliphatic heterocycles. The molecule has 3 unspecified atom stereocenters. The fraction of sp³-hybridized carbons (Fsp3) is 0.806. The van der Waals surface area contributed by atoms with Gasteiger partial charge in [-0.15, -0.1) is 0 Å². The highest BCUT2D eigenvalue weighted by molar-refractivity contribution is 7.47. The molecule has 12 heteroatoms. The third kappa shape index (κ3) is 31.2. The second-order valence-electron chi connectivity index (χ2n) is 12.4. The van der Waals surface area contributed by atoms with Crippen LogP contribution in [0.15, 0.2) is 24.3 Å². The van der Waals surface area contributed by atoms with Crippen LogP contribution >= 0.6 is 7.82 Å². The lowest BCUT2D eigenvalue weighted by molar-refractivity contribution is -0.147. The molecule has 3 atom stereocenters. The van der Waals surface area contributed by atoms with Crippen molar-refractivity contribution in [2.24, 2.45) is 0 Å². The maximum Gasteiger partial charge on any atom is 0.472 e. The van der Waals surface area contributed by atoms with Gasteiger partial charge in [0.25, 0.3) is 0 Å². The molecule has 0 aliphatic rings. The Morgan fingerprint density at radius 1 is 0.667 bits per heavy atom. The van der Waals surface area contributed by atoms with Gasteiger partial charge in [-0.2, -0.15) is 0 Å². The Bertz CT molecular complexity index is 926. The van der Waals surface area contributed by atoms with E-state index in [1.54, 1.807) is 0 Å². The van der Waals surface area contributed by atoms with Gasteiger partial charge in [0.2, 0.25) is 5.91 Å². The summed E-state index contributed by atoms with van der Waals surface area (Å²) < 4.78 is 26.5. The molecular weight excluding hydrogens is 637 g/mol. The van der Waals surface area contributed by atoms with Gasteiger partial charge in [-0.1, -0.05) is 122 Å². The molecule has 0 radical (unpaired) electrons. The van der Waals surface area contributed by atoms with Crippen LogP contribution in [-0.4, -0.2) is 64.9 Å². The fourth-order valence-electron chi connectivity index (χ4n) is 4.81. The third-order valence-corrected chi connectivity index (χ3v) is 8.69. The monoisotopic (exact) mass is 703 g/mol. The number of phosphoric ester groups is 1. The first kappa shape index (κ1) is 46.0. The molecule has 0 aromatic rings. The number of carbonyl (C=O) groups excluding carboxylic acids is 2. The van der Waals surface area contributed by atoms with Gasteiger partial charge in [-0.25, -0.2) is 9.36 Å². The Hall–Kier alpha value is -2.04. The smallest absolute Gasteiger partial charge is 0.472 e. The zero-order valence-electron chi connectivity index (χ0n) is 29.8. The van der Waals surface area contributed by atoms with Crippen LogP contribution < -0.4 is 5.32 Å². The molecule has 0 spiro atoms. The molecule has 48 heavy (non-hydrogen) atoms. The molecule has 0 saturated carbocycles. The molecule has 0 aliphatic carbocycles. The van der Waals surface area contributed by atoms with Crippen molar-refractivity contribution in [2.45, 2.75) is 167 Å². The zero-order valence-corrected chi connectivity index (χ0v) is 30.7. The van der Waals surface area contributed by atoms with Crippen molar-refractivity contribution in [1.29, 1.82) is 0 Å². The Balaban J connectivity index is 3.84. The highest BCUT2D eigenvalue weighted by Crippen LogP contribution is 2.43. The maximum absolute atomic E-state index is 12.1. The third-order valence-electron chi connectivity index (χ3n) is 7.74. The first-order chi connectivity index (χ1) is 23.1. The summed E-state index contributed by atoms with van der Waals surface area (Å²) in [4.78, 5) is 45.2. The summed E-state index contributed by atoms with van der Waals surface area (Å²) >= 11 is 0. The van der Waals surface area contributed by atoms with Crippen LogP contribution in [0.25, 0.3) is 0 Å². The normalized spacial score (nSPS) is 14.2. The Morgan fingerprint density at radius 3 is 1.73 bits per heavy atom. The highest BCUT2D eigenvalue weighted by atomic mass is 31.2. The minimum atomic E-state index is -4.73. The lowest BCUT2D eigenvalue weighted by Crippen LogP contribution is -2.43. The van der Waals surface area contributed by atoms with Crippen molar-refractivity contribution in [3.05, 3.63) is 24.3 Å². The van der Waals surface area contributed by atoms with E-state index in [4.69, 9.17) is 13.8 Å². The molecule has 11 nitrogen and oxygen atoms in total. The average molecular weight is 704 g/mol. The van der Waals surface area contributed by atoms with Crippen LogP contribution in [0, 0.1) is 0 Å². The van der Waals surface area contributed by atoms with Crippen LogP contribution in [0.2, 0.25) is 0 Å². The average Bonchev–Trinajstić information content (AvgIpc) is 3.05. The van der Waals surface area contributed by atoms with Gasteiger partial charge in [0, 0.05) is 12.8 Å². The fourth-order valence-corrected chi connectivity index (χ4v) is 5.59. The number of nitrogens with one attached hydrogen (secondary N) is 1. The number of aliphatic hydroxyl groups excluding tert-OH is 1. The number of carbonyl (C=O) groups is 3. The Morgan fingerprint density at radius 2 is 1.15 bits per heavy atom. The number of phosphoric acid groups is 1. The predicted molar refractivity (Wildman–Crippen MR) is 189 cm³/mol. The second-order valence-corrected chi connectivity index (χ2v) is 13.9. The Kier molecular flexibility index (Phi) is 30.8. The number of unbranched alkanes of at least 4 members (excludes halogenated alkanes) is 16. The number of amides is 1. The van der Waals surface area contributed by atoms with E-state index in [9.17, 15) is 34.1 Å². The minimum absolute atomic E-state index is 0.141. The van der Waals surface area contributed by atoms with Crippen LogP contribution in [0.3, 0.4) is 0 Å². The number of aliphatic carboxylic acids is 1. The van der Waals surface area contributed by atoms with E-state index in [1.807, 2.05) is 0 Å². The molecule has 1 amide bonds. The van der Waals surface area contributed by atoms with E-state index >= 15 is 0 Å². The zero-order chi connectivity index (χ0) is 35.7. The molecule has 0 saturated heterocycles. The summed E-state index contributed by atoms with van der Waals surface area (Å²) in [6, 6.07) is -1.54. The van der Waals surface area contributed by atoms with Gasteiger partial charge in [-0.05, 0) is 44.9 Å². The second kappa shape index (κ2) is 32.2. The van der Waals surface area contributed by atoms with Crippen molar-refractivity contribution in [2.75, 3.05) is 19.8 Å². The van der Waals surface area contributed by atoms with E-state index in [2.05, 4.69) is 43.5 Å². The molecule has 0 rings (SSSR count). The molecule has 0 aromatic heterocycles. The number of allylic oxidation sites excluding steroid dienone is 4. The lowest BCUT2D eigenvalue weighted by atomic mass is 10.1. The van der Waals surface area contributed by atoms with Gasteiger partial charge in [0.05, 0.1) is 13.2 Å². The first-order valence-electron chi connectivity index (χ1n) is 18.4. The number of rotatable bonds is 34. The van der Waals surface area contributed by atoms with Crippen molar-refractivity contribution in [3.8, 4) is 0 Å². The first-order valence-corrected chi connectivity index (χ1v) is 19.9. The Labute approximate surface area is 289 Å². The van der Waals surface area contributed by atoms with Gasteiger partial charge in [0.15, 0.2) is 6.04 Å². The predicted octanol–water partition coefficient (Wildman–Crippen LogP) is 8.33.